The number of aryl methyl sites for hydroxylation is 4. The number of amides is 1. The molecule has 0 fully saturated rings. The van der Waals surface area contributed by atoms with Crippen molar-refractivity contribution in [1.29, 1.82) is 0 Å². The van der Waals surface area contributed by atoms with E-state index in [4.69, 9.17) is 0 Å². The number of nitrogens with one attached hydrogen (secondary N) is 2. The van der Waals surface area contributed by atoms with Crippen LogP contribution in [0.3, 0.4) is 0 Å². The van der Waals surface area contributed by atoms with Crippen LogP contribution in [0.4, 0.5) is 0 Å². The molecule has 2 heterocycles. The molecular formula is C16H21N5O2. The van der Waals surface area contributed by atoms with E-state index in [1.165, 1.54) is 4.68 Å². The Kier molecular flexibility index (Phi) is 4.02. The summed E-state index contributed by atoms with van der Waals surface area (Å²) in [7, 11) is 1.65. The highest BCUT2D eigenvalue weighted by atomic mass is 16.2. The normalized spacial score (nSPS) is 16.9. The maximum Gasteiger partial charge on any atom is 0.266 e. The number of nitrogens with zero attached hydrogens (tertiary/aromatic N) is 3. The highest BCUT2D eigenvalue weighted by molar-refractivity contribution is 5.79. The molecule has 0 aromatic carbocycles. The summed E-state index contributed by atoms with van der Waals surface area (Å²) in [5, 5.41) is 14.3. The number of fused-ring (bicyclic) bond motifs is 1. The highest BCUT2D eigenvalue weighted by Crippen LogP contribution is 2.23. The average Bonchev–Trinajstić information content (AvgIpc) is 2.84. The number of aromatic nitrogens is 4. The summed E-state index contributed by atoms with van der Waals surface area (Å²) in [6.45, 7) is 4.34. The summed E-state index contributed by atoms with van der Waals surface area (Å²) in [6, 6.07) is 1.60. The van der Waals surface area contributed by atoms with Crippen LogP contribution in [-0.4, -0.2) is 25.9 Å². The second-order valence-electron chi connectivity index (χ2n) is 6.15. The van der Waals surface area contributed by atoms with Gasteiger partial charge in [0, 0.05) is 36.8 Å². The molecule has 0 bridgehead atoms. The molecule has 0 radical (unpaired) electrons. The molecule has 1 amide bonds. The smallest absolute Gasteiger partial charge is 0.266 e. The molecule has 0 aliphatic heterocycles. The van der Waals surface area contributed by atoms with E-state index in [1.54, 1.807) is 13.1 Å². The van der Waals surface area contributed by atoms with Crippen LogP contribution in [0, 0.1) is 19.8 Å². The maximum atomic E-state index is 12.4. The van der Waals surface area contributed by atoms with Gasteiger partial charge in [-0.2, -0.15) is 10.2 Å². The molecule has 3 rings (SSSR count). The van der Waals surface area contributed by atoms with E-state index in [1.807, 2.05) is 13.8 Å². The van der Waals surface area contributed by atoms with Crippen molar-refractivity contribution >= 4 is 5.91 Å². The zero-order valence-electron chi connectivity index (χ0n) is 13.6. The van der Waals surface area contributed by atoms with Gasteiger partial charge in [-0.05, 0) is 38.7 Å². The van der Waals surface area contributed by atoms with Crippen LogP contribution in [0.2, 0.25) is 0 Å². The number of carbonyl (C=O) groups excluding carboxylic acids is 1. The van der Waals surface area contributed by atoms with E-state index < -0.39 is 0 Å². The van der Waals surface area contributed by atoms with Crippen molar-refractivity contribution in [3.63, 3.8) is 0 Å². The lowest BCUT2D eigenvalue weighted by molar-refractivity contribution is -0.125. The molecule has 0 saturated carbocycles. The number of hydrogen-bond acceptors (Lipinski definition) is 4. The molecule has 1 aliphatic rings. The Hall–Kier alpha value is -2.44. The van der Waals surface area contributed by atoms with E-state index in [2.05, 4.69) is 20.6 Å². The fourth-order valence-corrected chi connectivity index (χ4v) is 3.06. The monoisotopic (exact) mass is 315 g/mol. The molecular weight excluding hydrogens is 294 g/mol. The van der Waals surface area contributed by atoms with E-state index in [0.717, 1.165) is 41.1 Å². The lowest BCUT2D eigenvalue weighted by atomic mass is 9.86. The first kappa shape index (κ1) is 15.5. The van der Waals surface area contributed by atoms with Gasteiger partial charge in [-0.25, -0.2) is 4.68 Å². The van der Waals surface area contributed by atoms with E-state index in [0.29, 0.717) is 13.0 Å². The van der Waals surface area contributed by atoms with Crippen LogP contribution in [0.5, 0.6) is 0 Å². The third-order valence-electron chi connectivity index (χ3n) is 4.54. The Morgan fingerprint density at radius 3 is 2.96 bits per heavy atom. The SMILES string of the molecule is Cc1n[nH]c(C)c1CNC(=O)[C@H]1CCc2nn(C)c(=O)cc2C1. The van der Waals surface area contributed by atoms with Crippen molar-refractivity contribution < 1.29 is 4.79 Å². The van der Waals surface area contributed by atoms with Gasteiger partial charge in [0.15, 0.2) is 0 Å². The lowest BCUT2D eigenvalue weighted by Gasteiger charge is -2.23. The van der Waals surface area contributed by atoms with Gasteiger partial charge in [0.25, 0.3) is 5.56 Å². The molecule has 23 heavy (non-hydrogen) atoms. The number of carbonyl (C=O) groups is 1. The average molecular weight is 315 g/mol. The third kappa shape index (κ3) is 3.04. The lowest BCUT2D eigenvalue weighted by Crippen LogP contribution is -2.35. The summed E-state index contributed by atoms with van der Waals surface area (Å²) in [6.07, 6.45) is 2.06. The first-order chi connectivity index (χ1) is 11.0. The highest BCUT2D eigenvalue weighted by Gasteiger charge is 2.26. The topological polar surface area (TPSA) is 92.7 Å². The van der Waals surface area contributed by atoms with Crippen molar-refractivity contribution in [2.45, 2.75) is 39.7 Å². The molecule has 7 heteroatoms. The number of rotatable bonds is 3. The van der Waals surface area contributed by atoms with Gasteiger partial charge in [-0.15, -0.1) is 0 Å². The van der Waals surface area contributed by atoms with Crippen LogP contribution < -0.4 is 10.9 Å². The number of aromatic amines is 1. The Labute approximate surface area is 134 Å². The maximum absolute atomic E-state index is 12.4. The largest absolute Gasteiger partial charge is 0.352 e. The second kappa shape index (κ2) is 5.98. The van der Waals surface area contributed by atoms with Crippen molar-refractivity contribution in [2.24, 2.45) is 13.0 Å². The Morgan fingerprint density at radius 1 is 1.48 bits per heavy atom. The van der Waals surface area contributed by atoms with Crippen LogP contribution >= 0.6 is 0 Å². The van der Waals surface area contributed by atoms with Gasteiger partial charge < -0.3 is 5.32 Å². The first-order valence-corrected chi connectivity index (χ1v) is 7.80. The van der Waals surface area contributed by atoms with Crippen LogP contribution in [-0.2, 0) is 31.2 Å². The molecule has 122 valence electrons. The van der Waals surface area contributed by atoms with Gasteiger partial charge in [0.05, 0.1) is 11.4 Å². The predicted octanol–water partition coefficient (Wildman–Crippen LogP) is 0.542. The summed E-state index contributed by atoms with van der Waals surface area (Å²) >= 11 is 0. The van der Waals surface area contributed by atoms with Crippen molar-refractivity contribution in [3.8, 4) is 0 Å². The molecule has 0 saturated heterocycles. The van der Waals surface area contributed by atoms with Crippen LogP contribution in [0.1, 0.15) is 34.6 Å². The van der Waals surface area contributed by atoms with Gasteiger partial charge in [-0.3, -0.25) is 14.7 Å². The minimum absolute atomic E-state index is 0.0244. The zero-order valence-corrected chi connectivity index (χ0v) is 13.6. The molecule has 2 N–H and O–H groups in total. The molecule has 2 aromatic heterocycles. The fourth-order valence-electron chi connectivity index (χ4n) is 3.06. The van der Waals surface area contributed by atoms with Crippen LogP contribution in [0.15, 0.2) is 10.9 Å². The second-order valence-corrected chi connectivity index (χ2v) is 6.15. The summed E-state index contributed by atoms with van der Waals surface area (Å²) < 4.78 is 1.35. The molecule has 0 spiro atoms. The molecule has 1 atom stereocenters. The zero-order chi connectivity index (χ0) is 16.6. The minimum atomic E-state index is -0.130. The number of H-pyrrole nitrogens is 1. The van der Waals surface area contributed by atoms with Gasteiger partial charge in [0.1, 0.15) is 0 Å². The predicted molar refractivity (Wildman–Crippen MR) is 84.9 cm³/mol. The van der Waals surface area contributed by atoms with Gasteiger partial charge in [-0.1, -0.05) is 0 Å². The summed E-state index contributed by atoms with van der Waals surface area (Å²) in [5.41, 5.74) is 4.61. The van der Waals surface area contributed by atoms with Crippen molar-refractivity contribution in [1.82, 2.24) is 25.3 Å². The van der Waals surface area contributed by atoms with Gasteiger partial charge >= 0.3 is 0 Å². The van der Waals surface area contributed by atoms with Gasteiger partial charge in [0.2, 0.25) is 5.91 Å². The van der Waals surface area contributed by atoms with E-state index in [-0.39, 0.29) is 17.4 Å². The molecule has 1 aliphatic carbocycles. The summed E-state index contributed by atoms with van der Waals surface area (Å²) in [4.78, 5) is 24.1. The Morgan fingerprint density at radius 2 is 2.26 bits per heavy atom. The molecule has 0 unspecified atom stereocenters. The first-order valence-electron chi connectivity index (χ1n) is 7.80. The Bertz CT molecular complexity index is 786. The third-order valence-corrected chi connectivity index (χ3v) is 4.54. The minimum Gasteiger partial charge on any atom is -0.352 e. The van der Waals surface area contributed by atoms with E-state index in [9.17, 15) is 9.59 Å². The molecule has 7 nitrogen and oxygen atoms in total. The standard InChI is InChI=1S/C16H21N5O2/c1-9-13(10(2)19-18-9)8-17-16(23)11-4-5-14-12(6-11)7-15(22)21(3)20-14/h7,11H,4-6,8H2,1-3H3,(H,17,23)(H,18,19)/t11-/m0/s1. The quantitative estimate of drug-likeness (QED) is 0.864. The van der Waals surface area contributed by atoms with Crippen LogP contribution in [0.25, 0.3) is 0 Å². The summed E-state index contributed by atoms with van der Waals surface area (Å²) in [5.74, 6) is -0.0831. The fraction of sp³-hybridized carbons (Fsp3) is 0.500. The van der Waals surface area contributed by atoms with Crippen molar-refractivity contribution in [3.05, 3.63) is 44.6 Å². The van der Waals surface area contributed by atoms with Crippen molar-refractivity contribution in [2.75, 3.05) is 0 Å². The molecule has 2 aromatic rings. The Balaban J connectivity index is 1.67. The van der Waals surface area contributed by atoms with E-state index >= 15 is 0 Å². The number of hydrogen-bond donors (Lipinski definition) is 2.